The van der Waals surface area contributed by atoms with Gasteiger partial charge in [-0.3, -0.25) is 4.79 Å². The molecule has 1 amide bonds. The Bertz CT molecular complexity index is 1120. The van der Waals surface area contributed by atoms with E-state index in [4.69, 9.17) is 0 Å². The highest BCUT2D eigenvalue weighted by atomic mass is 19.1. The van der Waals surface area contributed by atoms with Gasteiger partial charge in [0.1, 0.15) is 11.6 Å². The third-order valence-corrected chi connectivity index (χ3v) is 4.75. The van der Waals surface area contributed by atoms with E-state index in [-0.39, 0.29) is 17.5 Å². The molecule has 0 aliphatic heterocycles. The Morgan fingerprint density at radius 1 is 0.821 bits per heavy atom. The van der Waals surface area contributed by atoms with Gasteiger partial charge in [0.05, 0.1) is 6.04 Å². The number of hydrogen-bond donors (Lipinski definition) is 2. The van der Waals surface area contributed by atoms with Gasteiger partial charge in [0.2, 0.25) is 0 Å². The van der Waals surface area contributed by atoms with Crippen molar-refractivity contribution in [2.24, 2.45) is 0 Å². The number of halogens is 1. The number of phenolic OH excluding ortho intramolecular Hbond substituents is 1. The fourth-order valence-electron chi connectivity index (χ4n) is 3.37. The van der Waals surface area contributed by atoms with Gasteiger partial charge in [0, 0.05) is 11.1 Å². The summed E-state index contributed by atoms with van der Waals surface area (Å²) in [4.78, 5) is 12.8. The monoisotopic (exact) mass is 371 g/mol. The molecule has 0 bridgehead atoms. The first-order valence-corrected chi connectivity index (χ1v) is 8.95. The van der Waals surface area contributed by atoms with Crippen LogP contribution in [0.15, 0.2) is 91.0 Å². The fraction of sp³-hybridized carbons (Fsp3) is 0.0417. The minimum atomic E-state index is -0.639. The standard InChI is InChI=1S/C24H18FNO2/c25-19-13-10-17(11-14-19)23(26-24(28)18-7-2-1-3-8-18)22-20-9-5-4-6-16(20)12-15-21(22)27/h1-15,23,27H,(H,26,28). The molecule has 3 nitrogen and oxygen atoms in total. The maximum atomic E-state index is 13.5. The molecule has 4 rings (SSSR count). The molecule has 0 heterocycles. The summed E-state index contributed by atoms with van der Waals surface area (Å²) in [5, 5.41) is 15.4. The van der Waals surface area contributed by atoms with E-state index in [1.54, 1.807) is 42.5 Å². The van der Waals surface area contributed by atoms with Gasteiger partial charge >= 0.3 is 0 Å². The van der Waals surface area contributed by atoms with Crippen LogP contribution in [0.1, 0.15) is 27.5 Å². The lowest BCUT2D eigenvalue weighted by molar-refractivity contribution is 0.0943. The molecule has 0 fully saturated rings. The van der Waals surface area contributed by atoms with Crippen LogP contribution >= 0.6 is 0 Å². The zero-order chi connectivity index (χ0) is 19.5. The maximum Gasteiger partial charge on any atom is 0.252 e. The zero-order valence-corrected chi connectivity index (χ0v) is 15.0. The molecular weight excluding hydrogens is 353 g/mol. The summed E-state index contributed by atoms with van der Waals surface area (Å²) in [5.74, 6) is -0.567. The van der Waals surface area contributed by atoms with Crippen LogP contribution in [0.5, 0.6) is 5.75 Å². The predicted octanol–water partition coefficient (Wildman–Crippen LogP) is 5.20. The van der Waals surface area contributed by atoms with Crippen molar-refractivity contribution >= 4 is 16.7 Å². The number of fused-ring (bicyclic) bond motifs is 1. The van der Waals surface area contributed by atoms with E-state index in [1.165, 1.54) is 12.1 Å². The number of carbonyl (C=O) groups excluding carboxylic acids is 1. The Hall–Kier alpha value is -3.66. The quantitative estimate of drug-likeness (QED) is 0.518. The Balaban J connectivity index is 1.85. The van der Waals surface area contributed by atoms with Crippen molar-refractivity contribution in [1.29, 1.82) is 0 Å². The minimum Gasteiger partial charge on any atom is -0.508 e. The maximum absolute atomic E-state index is 13.5. The van der Waals surface area contributed by atoms with Crippen molar-refractivity contribution in [3.05, 3.63) is 114 Å². The first-order valence-electron chi connectivity index (χ1n) is 8.95. The molecule has 4 aromatic carbocycles. The lowest BCUT2D eigenvalue weighted by Gasteiger charge is -2.23. The second-order valence-electron chi connectivity index (χ2n) is 6.54. The normalized spacial score (nSPS) is 11.9. The SMILES string of the molecule is O=C(NC(c1ccc(F)cc1)c1c(O)ccc2ccccc12)c1ccccc1. The van der Waals surface area contributed by atoms with E-state index in [9.17, 15) is 14.3 Å². The van der Waals surface area contributed by atoms with Gasteiger partial charge in [0.25, 0.3) is 5.91 Å². The van der Waals surface area contributed by atoms with Crippen LogP contribution in [0, 0.1) is 5.82 Å². The highest BCUT2D eigenvalue weighted by Gasteiger charge is 2.23. The summed E-state index contributed by atoms with van der Waals surface area (Å²) in [7, 11) is 0. The molecule has 0 spiro atoms. The van der Waals surface area contributed by atoms with Crippen molar-refractivity contribution in [3.8, 4) is 5.75 Å². The van der Waals surface area contributed by atoms with Crippen LogP contribution in [0.25, 0.3) is 10.8 Å². The molecule has 0 aromatic heterocycles. The smallest absolute Gasteiger partial charge is 0.252 e. The number of amides is 1. The van der Waals surface area contributed by atoms with Crippen LogP contribution in [0.4, 0.5) is 4.39 Å². The van der Waals surface area contributed by atoms with Crippen molar-refractivity contribution in [2.75, 3.05) is 0 Å². The summed E-state index contributed by atoms with van der Waals surface area (Å²) in [6, 6.07) is 25.2. The lowest BCUT2D eigenvalue weighted by Crippen LogP contribution is -2.29. The molecular formula is C24H18FNO2. The van der Waals surface area contributed by atoms with Crippen LogP contribution < -0.4 is 5.32 Å². The van der Waals surface area contributed by atoms with E-state index >= 15 is 0 Å². The van der Waals surface area contributed by atoms with Crippen molar-refractivity contribution in [2.45, 2.75) is 6.04 Å². The van der Waals surface area contributed by atoms with E-state index in [2.05, 4.69) is 5.32 Å². The first kappa shape index (κ1) is 17.7. The van der Waals surface area contributed by atoms with Crippen molar-refractivity contribution < 1.29 is 14.3 Å². The summed E-state index contributed by atoms with van der Waals surface area (Å²) < 4.78 is 13.5. The molecule has 1 atom stereocenters. The largest absolute Gasteiger partial charge is 0.508 e. The number of benzene rings is 4. The molecule has 0 aliphatic rings. The molecule has 0 saturated carbocycles. The van der Waals surface area contributed by atoms with E-state index < -0.39 is 6.04 Å². The summed E-state index contributed by atoms with van der Waals surface area (Å²) in [6.07, 6.45) is 0. The van der Waals surface area contributed by atoms with Crippen LogP contribution in [0.3, 0.4) is 0 Å². The minimum absolute atomic E-state index is 0.0707. The number of carbonyl (C=O) groups is 1. The Kier molecular flexibility index (Phi) is 4.77. The second kappa shape index (κ2) is 7.53. The van der Waals surface area contributed by atoms with Gasteiger partial charge < -0.3 is 10.4 Å². The summed E-state index contributed by atoms with van der Waals surface area (Å²) in [5.41, 5.74) is 1.76. The Morgan fingerprint density at radius 3 is 2.25 bits per heavy atom. The molecule has 0 saturated heterocycles. The Labute approximate surface area is 162 Å². The average molecular weight is 371 g/mol. The summed E-state index contributed by atoms with van der Waals surface area (Å²) in [6.45, 7) is 0. The van der Waals surface area contributed by atoms with Crippen molar-refractivity contribution in [3.63, 3.8) is 0 Å². The highest BCUT2D eigenvalue weighted by Crippen LogP contribution is 2.36. The first-order chi connectivity index (χ1) is 13.6. The van der Waals surface area contributed by atoms with Gasteiger partial charge in [-0.25, -0.2) is 4.39 Å². The van der Waals surface area contributed by atoms with Gasteiger partial charge in [-0.1, -0.05) is 60.7 Å². The molecule has 2 N–H and O–H groups in total. The number of hydrogen-bond acceptors (Lipinski definition) is 2. The number of nitrogens with one attached hydrogen (secondary N) is 1. The third kappa shape index (κ3) is 3.45. The Morgan fingerprint density at radius 2 is 1.50 bits per heavy atom. The molecule has 0 aliphatic carbocycles. The van der Waals surface area contributed by atoms with Crippen molar-refractivity contribution in [1.82, 2.24) is 5.32 Å². The number of phenols is 1. The lowest BCUT2D eigenvalue weighted by atomic mass is 9.92. The zero-order valence-electron chi connectivity index (χ0n) is 15.0. The van der Waals surface area contributed by atoms with Gasteiger partial charge in [0.15, 0.2) is 0 Å². The number of rotatable bonds is 4. The molecule has 1 unspecified atom stereocenters. The highest BCUT2D eigenvalue weighted by molar-refractivity contribution is 5.96. The molecule has 138 valence electrons. The van der Waals surface area contributed by atoms with Crippen LogP contribution in [-0.2, 0) is 0 Å². The van der Waals surface area contributed by atoms with Gasteiger partial charge in [-0.2, -0.15) is 0 Å². The third-order valence-electron chi connectivity index (χ3n) is 4.75. The predicted molar refractivity (Wildman–Crippen MR) is 108 cm³/mol. The molecule has 28 heavy (non-hydrogen) atoms. The molecule has 4 aromatic rings. The van der Waals surface area contributed by atoms with Crippen LogP contribution in [-0.4, -0.2) is 11.0 Å². The second-order valence-corrected chi connectivity index (χ2v) is 6.54. The van der Waals surface area contributed by atoms with E-state index in [0.717, 1.165) is 10.8 Å². The molecule has 4 heteroatoms. The van der Waals surface area contributed by atoms with Crippen LogP contribution in [0.2, 0.25) is 0 Å². The fourth-order valence-corrected chi connectivity index (χ4v) is 3.37. The molecule has 0 radical (unpaired) electrons. The van der Waals surface area contributed by atoms with Gasteiger partial charge in [-0.05, 0) is 46.7 Å². The topological polar surface area (TPSA) is 49.3 Å². The average Bonchev–Trinajstić information content (AvgIpc) is 2.73. The van der Waals surface area contributed by atoms with Gasteiger partial charge in [-0.15, -0.1) is 0 Å². The summed E-state index contributed by atoms with van der Waals surface area (Å²) >= 11 is 0. The van der Waals surface area contributed by atoms with E-state index in [0.29, 0.717) is 16.7 Å². The number of aromatic hydroxyl groups is 1. The van der Waals surface area contributed by atoms with E-state index in [1.807, 2.05) is 36.4 Å².